The van der Waals surface area contributed by atoms with E-state index in [1.807, 2.05) is 42.5 Å². The standard InChI is InChI=1S/C33H32N2O4S2/c1-2-38-32(37)25-12-16-28(17-13-25)39-29-18-26-14-15-27(19-29)35(26)31(36)24-10-8-22(9-11-24)20-40-33-34-30(21-41-33)23-6-4-3-5-7-23/h3-13,16-17,21,26-27,29H,2,14-15,18-20H2,1H3/t26-,27+,29?. The van der Waals surface area contributed by atoms with Crippen LogP contribution in [0.25, 0.3) is 11.3 Å². The number of amides is 1. The van der Waals surface area contributed by atoms with Gasteiger partial charge in [-0.1, -0.05) is 54.2 Å². The molecule has 2 aliphatic rings. The summed E-state index contributed by atoms with van der Waals surface area (Å²) in [6, 6.07) is 25.8. The van der Waals surface area contributed by atoms with E-state index in [1.54, 1.807) is 42.2 Å². The number of nitrogens with zero attached hydrogens (tertiary/aromatic N) is 2. The summed E-state index contributed by atoms with van der Waals surface area (Å²) in [5.74, 6) is 1.34. The SMILES string of the molecule is CCOC(=O)c1ccc(OC2C[C@H]3CC[C@@H](C2)N3C(=O)c2ccc(CSc3nc(-c4ccccc4)cs3)cc2)cc1. The van der Waals surface area contributed by atoms with Gasteiger partial charge in [0.25, 0.3) is 5.91 Å². The Balaban J connectivity index is 1.02. The summed E-state index contributed by atoms with van der Waals surface area (Å²) in [4.78, 5) is 32.3. The molecule has 3 atom stereocenters. The minimum Gasteiger partial charge on any atom is -0.490 e. The van der Waals surface area contributed by atoms with Crippen LogP contribution < -0.4 is 4.74 Å². The summed E-state index contributed by atoms with van der Waals surface area (Å²) in [6.45, 7) is 2.14. The van der Waals surface area contributed by atoms with Crippen molar-refractivity contribution in [3.63, 3.8) is 0 Å². The predicted molar refractivity (Wildman–Crippen MR) is 163 cm³/mol. The van der Waals surface area contributed by atoms with Gasteiger partial charge < -0.3 is 14.4 Å². The van der Waals surface area contributed by atoms with Gasteiger partial charge in [-0.25, -0.2) is 9.78 Å². The fourth-order valence-electron chi connectivity index (χ4n) is 5.73. The van der Waals surface area contributed by atoms with Gasteiger partial charge in [0, 0.05) is 47.2 Å². The van der Waals surface area contributed by atoms with Crippen LogP contribution in [0.4, 0.5) is 0 Å². The Labute approximate surface area is 248 Å². The number of carbonyl (C=O) groups is 2. The molecule has 0 N–H and O–H groups in total. The first-order chi connectivity index (χ1) is 20.1. The van der Waals surface area contributed by atoms with Crippen molar-refractivity contribution in [2.75, 3.05) is 6.61 Å². The number of hydrogen-bond donors (Lipinski definition) is 0. The second kappa shape index (κ2) is 12.5. The van der Waals surface area contributed by atoms with Gasteiger partial charge in [-0.05, 0) is 61.7 Å². The molecule has 0 spiro atoms. The van der Waals surface area contributed by atoms with Crippen LogP contribution in [0.5, 0.6) is 5.75 Å². The fourth-order valence-corrected chi connectivity index (χ4v) is 7.53. The van der Waals surface area contributed by atoms with Crippen LogP contribution in [-0.2, 0) is 10.5 Å². The lowest BCUT2D eigenvalue weighted by Gasteiger charge is -2.39. The highest BCUT2D eigenvalue weighted by molar-refractivity contribution is 8.00. The van der Waals surface area contributed by atoms with Crippen molar-refractivity contribution in [2.24, 2.45) is 0 Å². The van der Waals surface area contributed by atoms with Crippen LogP contribution in [0.15, 0.2) is 88.6 Å². The molecule has 3 aromatic carbocycles. The number of thioether (sulfide) groups is 1. The number of benzene rings is 3. The van der Waals surface area contributed by atoms with Gasteiger partial charge in [0.15, 0.2) is 4.34 Å². The minimum atomic E-state index is -0.326. The van der Waals surface area contributed by atoms with Crippen molar-refractivity contribution in [3.8, 4) is 17.0 Å². The molecule has 2 aliphatic heterocycles. The fraction of sp³-hybridized carbons (Fsp3) is 0.303. The van der Waals surface area contributed by atoms with E-state index >= 15 is 0 Å². The molecule has 2 fully saturated rings. The first-order valence-corrected chi connectivity index (χ1v) is 15.9. The highest BCUT2D eigenvalue weighted by Gasteiger charge is 2.44. The van der Waals surface area contributed by atoms with Crippen molar-refractivity contribution in [2.45, 2.75) is 60.9 Å². The molecule has 3 heterocycles. The van der Waals surface area contributed by atoms with Crippen molar-refractivity contribution in [1.29, 1.82) is 0 Å². The monoisotopic (exact) mass is 584 g/mol. The highest BCUT2D eigenvalue weighted by Crippen LogP contribution is 2.38. The van der Waals surface area contributed by atoms with Gasteiger partial charge in [0.1, 0.15) is 11.9 Å². The zero-order chi connectivity index (χ0) is 28.2. The molecule has 0 aliphatic carbocycles. The number of esters is 1. The van der Waals surface area contributed by atoms with Gasteiger partial charge in [-0.15, -0.1) is 11.3 Å². The lowest BCUT2D eigenvalue weighted by molar-refractivity contribution is 0.0359. The second-order valence-electron chi connectivity index (χ2n) is 10.4. The molecule has 1 unspecified atom stereocenters. The molecule has 1 amide bonds. The highest BCUT2D eigenvalue weighted by atomic mass is 32.2. The van der Waals surface area contributed by atoms with E-state index in [1.165, 1.54) is 5.56 Å². The van der Waals surface area contributed by atoms with Crippen molar-refractivity contribution in [3.05, 3.63) is 101 Å². The number of carbonyl (C=O) groups excluding carboxylic acids is 2. The van der Waals surface area contributed by atoms with E-state index < -0.39 is 0 Å². The molecule has 6 nitrogen and oxygen atoms in total. The smallest absolute Gasteiger partial charge is 0.338 e. The average Bonchev–Trinajstić information content (AvgIpc) is 3.59. The molecule has 210 valence electrons. The molecular weight excluding hydrogens is 553 g/mol. The van der Waals surface area contributed by atoms with Gasteiger partial charge >= 0.3 is 5.97 Å². The normalized spacial score (nSPS) is 19.6. The molecular formula is C33H32N2O4S2. The Morgan fingerprint density at radius 3 is 2.29 bits per heavy atom. The zero-order valence-corrected chi connectivity index (χ0v) is 24.5. The molecule has 41 heavy (non-hydrogen) atoms. The maximum atomic E-state index is 13.5. The second-order valence-corrected chi connectivity index (χ2v) is 12.5. The third-order valence-electron chi connectivity index (χ3n) is 7.71. The lowest BCUT2D eigenvalue weighted by atomic mass is 9.98. The average molecular weight is 585 g/mol. The first-order valence-electron chi connectivity index (χ1n) is 14.1. The third-order valence-corrected chi connectivity index (χ3v) is 9.80. The van der Waals surface area contributed by atoms with Crippen LogP contribution in [0, 0.1) is 0 Å². The van der Waals surface area contributed by atoms with Gasteiger partial charge in [0.2, 0.25) is 0 Å². The Bertz CT molecular complexity index is 1470. The molecule has 4 aromatic rings. The maximum Gasteiger partial charge on any atom is 0.338 e. The predicted octanol–water partition coefficient (Wildman–Crippen LogP) is 7.49. The summed E-state index contributed by atoms with van der Waals surface area (Å²) in [5.41, 5.74) is 4.57. The van der Waals surface area contributed by atoms with Crippen molar-refractivity contribution < 1.29 is 19.1 Å². The Morgan fingerprint density at radius 2 is 1.61 bits per heavy atom. The van der Waals surface area contributed by atoms with Crippen LogP contribution in [-0.4, -0.2) is 46.6 Å². The summed E-state index contributed by atoms with van der Waals surface area (Å²) in [6.07, 6.45) is 3.69. The molecule has 2 bridgehead atoms. The summed E-state index contributed by atoms with van der Waals surface area (Å²) < 4.78 is 12.4. The molecule has 2 saturated heterocycles. The van der Waals surface area contributed by atoms with E-state index in [0.717, 1.165) is 58.3 Å². The van der Waals surface area contributed by atoms with Gasteiger partial charge in [-0.3, -0.25) is 4.79 Å². The van der Waals surface area contributed by atoms with Crippen LogP contribution in [0.1, 0.15) is 58.9 Å². The van der Waals surface area contributed by atoms with Crippen LogP contribution >= 0.6 is 23.1 Å². The summed E-state index contributed by atoms with van der Waals surface area (Å²) in [5, 5.41) is 2.10. The Morgan fingerprint density at radius 1 is 0.927 bits per heavy atom. The van der Waals surface area contributed by atoms with E-state index in [4.69, 9.17) is 14.5 Å². The van der Waals surface area contributed by atoms with E-state index in [9.17, 15) is 9.59 Å². The number of fused-ring (bicyclic) bond motifs is 2. The molecule has 0 radical (unpaired) electrons. The number of ether oxygens (including phenoxy) is 2. The van der Waals surface area contributed by atoms with Crippen molar-refractivity contribution >= 4 is 35.0 Å². The summed E-state index contributed by atoms with van der Waals surface area (Å²) >= 11 is 3.39. The Hall–Kier alpha value is -3.62. The quantitative estimate of drug-likeness (QED) is 0.150. The van der Waals surface area contributed by atoms with Crippen LogP contribution in [0.3, 0.4) is 0 Å². The van der Waals surface area contributed by atoms with Gasteiger partial charge in [-0.2, -0.15) is 0 Å². The number of aromatic nitrogens is 1. The summed E-state index contributed by atoms with van der Waals surface area (Å²) in [7, 11) is 0. The van der Waals surface area contributed by atoms with E-state index in [2.05, 4.69) is 34.5 Å². The number of thiazole rings is 1. The molecule has 0 saturated carbocycles. The van der Waals surface area contributed by atoms with Crippen molar-refractivity contribution in [1.82, 2.24) is 9.88 Å². The van der Waals surface area contributed by atoms with Crippen LogP contribution in [0.2, 0.25) is 0 Å². The zero-order valence-electron chi connectivity index (χ0n) is 22.9. The number of piperidine rings is 1. The van der Waals surface area contributed by atoms with E-state index in [-0.39, 0.29) is 30.1 Å². The topological polar surface area (TPSA) is 68.7 Å². The van der Waals surface area contributed by atoms with E-state index in [0.29, 0.717) is 12.2 Å². The maximum absolute atomic E-state index is 13.5. The molecule has 6 rings (SSSR count). The lowest BCUT2D eigenvalue weighted by Crippen LogP contribution is -2.49. The van der Waals surface area contributed by atoms with Gasteiger partial charge in [0.05, 0.1) is 17.9 Å². The number of hydrogen-bond acceptors (Lipinski definition) is 7. The largest absolute Gasteiger partial charge is 0.490 e. The first kappa shape index (κ1) is 27.5. The molecule has 1 aromatic heterocycles. The Kier molecular flexibility index (Phi) is 8.39. The molecule has 8 heteroatoms. The minimum absolute atomic E-state index is 0.0534. The third kappa shape index (κ3) is 6.34. The number of rotatable bonds is 9.